The first kappa shape index (κ1) is 25.3. The van der Waals surface area contributed by atoms with Crippen LogP contribution in [-0.2, 0) is 26.2 Å². The molecule has 1 aliphatic rings. The van der Waals surface area contributed by atoms with Crippen molar-refractivity contribution in [2.24, 2.45) is 0 Å². The summed E-state index contributed by atoms with van der Waals surface area (Å²) < 4.78 is 12.4. The van der Waals surface area contributed by atoms with E-state index in [2.05, 4.69) is 10.4 Å². The van der Waals surface area contributed by atoms with E-state index in [9.17, 15) is 9.59 Å². The SMILES string of the molecule is CCn1ncc(-c2ccc(-c3ccc(C4(C(=O)OC)CC4)cc3)cc2)c1NC(=O)OC(C)c1ccccc1. The molecule has 1 saturated carbocycles. The number of ether oxygens (including phenoxy) is 2. The molecule has 3 aromatic carbocycles. The molecule has 0 saturated heterocycles. The summed E-state index contributed by atoms with van der Waals surface area (Å²) in [5.41, 5.74) is 5.30. The third-order valence-corrected chi connectivity index (χ3v) is 7.21. The van der Waals surface area contributed by atoms with Crippen LogP contribution in [0.15, 0.2) is 85.1 Å². The first-order valence-electron chi connectivity index (χ1n) is 12.8. The van der Waals surface area contributed by atoms with Gasteiger partial charge in [-0.2, -0.15) is 5.10 Å². The zero-order valence-electron chi connectivity index (χ0n) is 21.8. The fourth-order valence-electron chi connectivity index (χ4n) is 4.80. The standard InChI is InChI=1S/C31H31N3O4/c1-4-34-28(33-30(36)38-21(2)22-8-6-5-7-9-22)27(20-32-34)25-12-10-23(11-13-25)24-14-16-26(17-15-24)31(18-19-31)29(35)37-3/h5-17,20-21H,4,18-19H2,1-3H3,(H,33,36). The average Bonchev–Trinajstić information content (AvgIpc) is 3.68. The number of nitrogens with one attached hydrogen (secondary N) is 1. The molecule has 194 valence electrons. The number of anilines is 1. The lowest BCUT2D eigenvalue weighted by Crippen LogP contribution is -2.21. The predicted molar refractivity (Wildman–Crippen MR) is 147 cm³/mol. The molecule has 1 heterocycles. The van der Waals surface area contributed by atoms with Crippen LogP contribution in [0.5, 0.6) is 0 Å². The smallest absolute Gasteiger partial charge is 0.413 e. The largest absolute Gasteiger partial charge is 0.468 e. The van der Waals surface area contributed by atoms with E-state index in [0.717, 1.165) is 46.2 Å². The van der Waals surface area contributed by atoms with Crippen molar-refractivity contribution in [1.29, 1.82) is 0 Å². The summed E-state index contributed by atoms with van der Waals surface area (Å²) in [5.74, 6) is 0.428. The maximum absolute atomic E-state index is 12.7. The minimum atomic E-state index is -0.532. The molecule has 0 bridgehead atoms. The number of aryl methyl sites for hydroxylation is 1. The lowest BCUT2D eigenvalue weighted by Gasteiger charge is -2.16. The van der Waals surface area contributed by atoms with Crippen molar-refractivity contribution < 1.29 is 19.1 Å². The fourth-order valence-corrected chi connectivity index (χ4v) is 4.80. The Morgan fingerprint density at radius 3 is 2.13 bits per heavy atom. The molecule has 0 spiro atoms. The van der Waals surface area contributed by atoms with Crippen LogP contribution >= 0.6 is 0 Å². The van der Waals surface area contributed by atoms with Gasteiger partial charge in [0.15, 0.2) is 0 Å². The van der Waals surface area contributed by atoms with E-state index < -0.39 is 11.5 Å². The summed E-state index contributed by atoms with van der Waals surface area (Å²) in [7, 11) is 1.44. The van der Waals surface area contributed by atoms with Gasteiger partial charge >= 0.3 is 12.1 Å². The second kappa shape index (κ2) is 10.5. The summed E-state index contributed by atoms with van der Waals surface area (Å²) >= 11 is 0. The summed E-state index contributed by atoms with van der Waals surface area (Å²) in [4.78, 5) is 24.9. The molecule has 5 rings (SSSR count). The summed E-state index contributed by atoms with van der Waals surface area (Å²) in [6.07, 6.45) is 2.49. The second-order valence-corrected chi connectivity index (χ2v) is 9.53. The van der Waals surface area contributed by atoms with Gasteiger partial charge in [0.1, 0.15) is 11.9 Å². The highest BCUT2D eigenvalue weighted by molar-refractivity contribution is 5.90. The second-order valence-electron chi connectivity index (χ2n) is 9.53. The van der Waals surface area contributed by atoms with Gasteiger partial charge in [-0.05, 0) is 54.5 Å². The van der Waals surface area contributed by atoms with Crippen molar-refractivity contribution in [2.45, 2.75) is 44.8 Å². The van der Waals surface area contributed by atoms with Gasteiger partial charge in [-0.1, -0.05) is 78.9 Å². The number of benzene rings is 3. The Morgan fingerprint density at radius 1 is 0.947 bits per heavy atom. The molecule has 1 N–H and O–H groups in total. The van der Waals surface area contributed by atoms with Gasteiger partial charge in [0, 0.05) is 12.1 Å². The van der Waals surface area contributed by atoms with E-state index in [-0.39, 0.29) is 12.1 Å². The minimum Gasteiger partial charge on any atom is -0.468 e. The zero-order chi connectivity index (χ0) is 26.7. The summed E-state index contributed by atoms with van der Waals surface area (Å²) in [5, 5.41) is 7.35. The van der Waals surface area contributed by atoms with Crippen LogP contribution < -0.4 is 5.32 Å². The first-order chi connectivity index (χ1) is 18.4. The lowest BCUT2D eigenvalue weighted by molar-refractivity contribution is -0.143. The number of carbonyl (C=O) groups excluding carboxylic acids is 2. The van der Waals surface area contributed by atoms with Gasteiger partial charge in [0.05, 0.1) is 18.7 Å². The Morgan fingerprint density at radius 2 is 1.55 bits per heavy atom. The van der Waals surface area contributed by atoms with Crippen molar-refractivity contribution in [1.82, 2.24) is 9.78 Å². The molecule has 1 amide bonds. The van der Waals surface area contributed by atoms with Crippen molar-refractivity contribution in [2.75, 3.05) is 12.4 Å². The van der Waals surface area contributed by atoms with Crippen LogP contribution in [0.1, 0.15) is 43.9 Å². The highest BCUT2D eigenvalue weighted by atomic mass is 16.6. The van der Waals surface area contributed by atoms with Crippen LogP contribution in [0.4, 0.5) is 10.6 Å². The number of amides is 1. The highest BCUT2D eigenvalue weighted by Crippen LogP contribution is 2.49. The Kier molecular flexibility index (Phi) is 7.01. The molecule has 7 nitrogen and oxygen atoms in total. The lowest BCUT2D eigenvalue weighted by atomic mass is 9.93. The number of hydrogen-bond acceptors (Lipinski definition) is 5. The zero-order valence-corrected chi connectivity index (χ0v) is 21.8. The summed E-state index contributed by atoms with van der Waals surface area (Å²) in [6, 6.07) is 25.8. The van der Waals surface area contributed by atoms with Crippen LogP contribution in [0.3, 0.4) is 0 Å². The molecule has 0 aliphatic heterocycles. The Balaban J connectivity index is 1.32. The fraction of sp³-hybridized carbons (Fsp3) is 0.258. The number of aromatic nitrogens is 2. The monoisotopic (exact) mass is 509 g/mol. The first-order valence-corrected chi connectivity index (χ1v) is 12.8. The Bertz CT molecular complexity index is 1420. The van der Waals surface area contributed by atoms with Crippen molar-refractivity contribution in [3.8, 4) is 22.3 Å². The van der Waals surface area contributed by atoms with Gasteiger partial charge in [-0.3, -0.25) is 10.1 Å². The quantitative estimate of drug-likeness (QED) is 0.266. The normalized spacial score (nSPS) is 14.4. The topological polar surface area (TPSA) is 82.5 Å². The van der Waals surface area contributed by atoms with E-state index >= 15 is 0 Å². The Hall–Kier alpha value is -4.39. The summed E-state index contributed by atoms with van der Waals surface area (Å²) in [6.45, 7) is 4.41. The van der Waals surface area contributed by atoms with E-state index in [1.54, 1.807) is 10.9 Å². The van der Waals surface area contributed by atoms with E-state index in [1.165, 1.54) is 7.11 Å². The van der Waals surface area contributed by atoms with Gasteiger partial charge in [-0.15, -0.1) is 0 Å². The van der Waals surface area contributed by atoms with Crippen LogP contribution in [-0.4, -0.2) is 29.0 Å². The molecular weight excluding hydrogens is 478 g/mol. The molecule has 4 aromatic rings. The minimum absolute atomic E-state index is 0.162. The van der Waals surface area contributed by atoms with E-state index in [4.69, 9.17) is 9.47 Å². The van der Waals surface area contributed by atoms with Crippen molar-refractivity contribution in [3.63, 3.8) is 0 Å². The van der Waals surface area contributed by atoms with Gasteiger partial charge in [0.2, 0.25) is 0 Å². The third kappa shape index (κ3) is 4.92. The molecule has 7 heteroatoms. The molecule has 1 aromatic heterocycles. The number of rotatable bonds is 8. The number of hydrogen-bond donors (Lipinski definition) is 1. The van der Waals surface area contributed by atoms with Crippen molar-refractivity contribution in [3.05, 3.63) is 96.2 Å². The maximum atomic E-state index is 12.7. The van der Waals surface area contributed by atoms with Crippen molar-refractivity contribution >= 4 is 17.9 Å². The van der Waals surface area contributed by atoms with Crippen LogP contribution in [0, 0.1) is 0 Å². The third-order valence-electron chi connectivity index (χ3n) is 7.21. The predicted octanol–water partition coefficient (Wildman–Crippen LogP) is 6.75. The molecular formula is C31H31N3O4. The number of nitrogens with zero attached hydrogens (tertiary/aromatic N) is 2. The van der Waals surface area contributed by atoms with Gasteiger partial charge in [-0.25, -0.2) is 9.48 Å². The van der Waals surface area contributed by atoms with E-state index in [0.29, 0.717) is 12.4 Å². The Labute approximate surface area is 222 Å². The van der Waals surface area contributed by atoms with Gasteiger partial charge in [0.25, 0.3) is 0 Å². The molecule has 1 unspecified atom stereocenters. The average molecular weight is 510 g/mol. The number of methoxy groups -OCH3 is 1. The molecule has 0 radical (unpaired) electrons. The number of esters is 1. The molecule has 1 fully saturated rings. The van der Waals surface area contributed by atoms with Gasteiger partial charge < -0.3 is 9.47 Å². The molecule has 1 aliphatic carbocycles. The van der Waals surface area contributed by atoms with Crippen LogP contribution in [0.25, 0.3) is 22.3 Å². The molecule has 38 heavy (non-hydrogen) atoms. The highest BCUT2D eigenvalue weighted by Gasteiger charge is 2.52. The maximum Gasteiger partial charge on any atom is 0.413 e. The number of carbonyl (C=O) groups is 2. The molecule has 1 atom stereocenters. The van der Waals surface area contributed by atoms with E-state index in [1.807, 2.05) is 92.7 Å². The van der Waals surface area contributed by atoms with Crippen LogP contribution in [0.2, 0.25) is 0 Å².